The van der Waals surface area contributed by atoms with Crippen LogP contribution >= 0.6 is 11.6 Å². The first-order chi connectivity index (χ1) is 8.84. The first-order valence-electron chi connectivity index (χ1n) is 6.72. The first-order valence-corrected chi connectivity index (χ1v) is 7.10. The third-order valence-electron chi connectivity index (χ3n) is 3.65. The molecule has 1 aromatic rings. The Bertz CT molecular complexity index is 430. The highest BCUT2D eigenvalue weighted by molar-refractivity contribution is 6.30. The van der Waals surface area contributed by atoms with Crippen LogP contribution in [0.2, 0.25) is 5.15 Å². The molecule has 0 atom stereocenters. The lowest BCUT2D eigenvalue weighted by Gasteiger charge is -2.23. The number of nitrogens with zero attached hydrogens (tertiary/aromatic N) is 3. The summed E-state index contributed by atoms with van der Waals surface area (Å²) in [6.45, 7) is 3.38. The molecule has 5 heteroatoms. The van der Waals surface area contributed by atoms with E-state index in [9.17, 15) is 0 Å². The topological polar surface area (TPSA) is 38.2 Å². The minimum Gasteiger partial charge on any atom is -0.376 e. The Morgan fingerprint density at radius 2 is 1.83 bits per heavy atom. The van der Waals surface area contributed by atoms with Gasteiger partial charge in [0.15, 0.2) is 0 Å². The zero-order valence-corrected chi connectivity index (χ0v) is 11.2. The van der Waals surface area contributed by atoms with Gasteiger partial charge in [0.05, 0.1) is 18.9 Å². The summed E-state index contributed by atoms with van der Waals surface area (Å²) in [5, 5.41) is 0.568. The van der Waals surface area contributed by atoms with Crippen molar-refractivity contribution in [1.82, 2.24) is 9.97 Å². The second kappa shape index (κ2) is 5.41. The van der Waals surface area contributed by atoms with Gasteiger partial charge in [0.2, 0.25) is 5.95 Å². The summed E-state index contributed by atoms with van der Waals surface area (Å²) >= 11 is 6.25. The molecule has 0 unspecified atom stereocenters. The van der Waals surface area contributed by atoms with Crippen LogP contribution in [0.3, 0.4) is 0 Å². The van der Waals surface area contributed by atoms with Gasteiger partial charge in [0, 0.05) is 25.1 Å². The first kappa shape index (κ1) is 12.2. The minimum atomic E-state index is 0.550. The fraction of sp³-hybridized carbons (Fsp3) is 0.692. The molecule has 1 saturated heterocycles. The average Bonchev–Trinajstić information content (AvgIpc) is 2.67. The molecule has 98 valence electrons. The molecule has 0 aromatic carbocycles. The van der Waals surface area contributed by atoms with E-state index in [1.54, 1.807) is 0 Å². The third kappa shape index (κ3) is 2.45. The second-order valence-electron chi connectivity index (χ2n) is 4.94. The second-order valence-corrected chi connectivity index (χ2v) is 5.30. The number of hydrogen-bond acceptors (Lipinski definition) is 4. The minimum absolute atomic E-state index is 0.550. The molecule has 4 nitrogen and oxygen atoms in total. The van der Waals surface area contributed by atoms with Crippen LogP contribution in [0.5, 0.6) is 0 Å². The summed E-state index contributed by atoms with van der Waals surface area (Å²) in [6, 6.07) is 0. The quantitative estimate of drug-likeness (QED) is 0.733. The Kier molecular flexibility index (Phi) is 3.66. The van der Waals surface area contributed by atoms with Gasteiger partial charge in [-0.1, -0.05) is 24.4 Å². The Balaban J connectivity index is 1.89. The number of anilines is 1. The summed E-state index contributed by atoms with van der Waals surface area (Å²) in [6.07, 6.45) is 5.91. The Morgan fingerprint density at radius 3 is 2.61 bits per heavy atom. The van der Waals surface area contributed by atoms with Crippen molar-refractivity contribution >= 4 is 17.5 Å². The van der Waals surface area contributed by atoms with Gasteiger partial charge >= 0.3 is 0 Å². The fourth-order valence-corrected chi connectivity index (χ4v) is 2.83. The van der Waals surface area contributed by atoms with Gasteiger partial charge in [-0.2, -0.15) is 0 Å². The maximum atomic E-state index is 6.25. The smallest absolute Gasteiger partial charge is 0.227 e. The van der Waals surface area contributed by atoms with Crippen LogP contribution in [0.1, 0.15) is 36.9 Å². The number of ether oxygens (including phenoxy) is 1. The Labute approximate surface area is 112 Å². The molecule has 1 fully saturated rings. The van der Waals surface area contributed by atoms with Crippen LogP contribution in [-0.2, 0) is 17.8 Å². The van der Waals surface area contributed by atoms with Gasteiger partial charge in [-0.15, -0.1) is 0 Å². The van der Waals surface area contributed by atoms with Crippen LogP contribution in [-0.4, -0.2) is 29.7 Å². The van der Waals surface area contributed by atoms with E-state index in [1.807, 2.05) is 0 Å². The molecule has 0 N–H and O–H groups in total. The van der Waals surface area contributed by atoms with Crippen molar-refractivity contribution in [2.75, 3.05) is 24.6 Å². The highest BCUT2D eigenvalue weighted by atomic mass is 35.5. The molecule has 0 amide bonds. The predicted molar refractivity (Wildman–Crippen MR) is 71.1 cm³/mol. The highest BCUT2D eigenvalue weighted by Crippen LogP contribution is 2.25. The van der Waals surface area contributed by atoms with E-state index in [2.05, 4.69) is 14.9 Å². The van der Waals surface area contributed by atoms with Crippen LogP contribution in [0, 0.1) is 0 Å². The molecule has 2 aliphatic rings. The SMILES string of the molecule is Clc1nc(N2CCCCCC2)nc2c1COCC2. The molecule has 2 aliphatic heterocycles. The van der Waals surface area contributed by atoms with Gasteiger partial charge in [-0.3, -0.25) is 0 Å². The lowest BCUT2D eigenvalue weighted by Crippen LogP contribution is -2.27. The van der Waals surface area contributed by atoms with Crippen LogP contribution in [0.4, 0.5) is 5.95 Å². The number of halogens is 1. The summed E-state index contributed by atoms with van der Waals surface area (Å²) in [5.41, 5.74) is 2.04. The van der Waals surface area contributed by atoms with Crippen molar-refractivity contribution in [3.05, 3.63) is 16.4 Å². The van der Waals surface area contributed by atoms with Crippen molar-refractivity contribution in [1.29, 1.82) is 0 Å². The number of rotatable bonds is 1. The lowest BCUT2D eigenvalue weighted by atomic mass is 10.1. The number of fused-ring (bicyclic) bond motifs is 1. The summed E-state index contributed by atoms with van der Waals surface area (Å²) < 4.78 is 5.40. The largest absolute Gasteiger partial charge is 0.376 e. The molecule has 1 aromatic heterocycles. The molecular formula is C13H18ClN3O. The van der Waals surface area contributed by atoms with E-state index in [4.69, 9.17) is 16.3 Å². The van der Waals surface area contributed by atoms with Crippen molar-refractivity contribution in [2.45, 2.75) is 38.7 Å². The standard InChI is InChI=1S/C13H18ClN3O/c14-12-10-9-18-8-5-11(10)15-13(16-12)17-6-3-1-2-4-7-17/h1-9H2. The molecule has 3 rings (SSSR count). The summed E-state index contributed by atoms with van der Waals surface area (Å²) in [5.74, 6) is 0.808. The van der Waals surface area contributed by atoms with E-state index < -0.39 is 0 Å². The molecule has 3 heterocycles. The Hall–Kier alpha value is -0.870. The van der Waals surface area contributed by atoms with Gasteiger partial charge in [-0.25, -0.2) is 9.97 Å². The normalized spacial score (nSPS) is 20.4. The van der Waals surface area contributed by atoms with Crippen molar-refractivity contribution in [2.24, 2.45) is 0 Å². The van der Waals surface area contributed by atoms with Gasteiger partial charge < -0.3 is 9.64 Å². The number of hydrogen-bond donors (Lipinski definition) is 0. The van der Waals surface area contributed by atoms with Gasteiger partial charge in [0.1, 0.15) is 5.15 Å². The average molecular weight is 268 g/mol. The van der Waals surface area contributed by atoms with E-state index >= 15 is 0 Å². The molecule has 0 radical (unpaired) electrons. The van der Waals surface area contributed by atoms with E-state index in [0.29, 0.717) is 11.8 Å². The zero-order valence-electron chi connectivity index (χ0n) is 10.5. The van der Waals surface area contributed by atoms with Gasteiger partial charge in [0.25, 0.3) is 0 Å². The maximum Gasteiger partial charge on any atom is 0.227 e. The predicted octanol–water partition coefficient (Wildman–Crippen LogP) is 2.58. The molecule has 0 bridgehead atoms. The van der Waals surface area contributed by atoms with Crippen LogP contribution in [0.15, 0.2) is 0 Å². The highest BCUT2D eigenvalue weighted by Gasteiger charge is 2.20. The molecule has 0 aliphatic carbocycles. The third-order valence-corrected chi connectivity index (χ3v) is 3.96. The van der Waals surface area contributed by atoms with E-state index in [0.717, 1.165) is 43.3 Å². The summed E-state index contributed by atoms with van der Waals surface area (Å²) in [4.78, 5) is 11.4. The van der Waals surface area contributed by atoms with Crippen LogP contribution in [0.25, 0.3) is 0 Å². The monoisotopic (exact) mass is 267 g/mol. The molecule has 0 spiro atoms. The molecular weight excluding hydrogens is 250 g/mol. The Morgan fingerprint density at radius 1 is 1.06 bits per heavy atom. The lowest BCUT2D eigenvalue weighted by molar-refractivity contribution is 0.109. The van der Waals surface area contributed by atoms with E-state index in [-0.39, 0.29) is 0 Å². The summed E-state index contributed by atoms with van der Waals surface area (Å²) in [7, 11) is 0. The fourth-order valence-electron chi connectivity index (χ4n) is 2.59. The number of aromatic nitrogens is 2. The maximum absolute atomic E-state index is 6.25. The van der Waals surface area contributed by atoms with Crippen molar-refractivity contribution in [3.8, 4) is 0 Å². The van der Waals surface area contributed by atoms with Crippen LogP contribution < -0.4 is 4.90 Å². The molecule has 18 heavy (non-hydrogen) atoms. The van der Waals surface area contributed by atoms with E-state index in [1.165, 1.54) is 25.7 Å². The molecule has 0 saturated carbocycles. The van der Waals surface area contributed by atoms with Gasteiger partial charge in [-0.05, 0) is 12.8 Å². The van der Waals surface area contributed by atoms with Crippen molar-refractivity contribution < 1.29 is 4.74 Å². The zero-order chi connectivity index (χ0) is 12.4. The van der Waals surface area contributed by atoms with Crippen molar-refractivity contribution in [3.63, 3.8) is 0 Å².